The van der Waals surface area contributed by atoms with Gasteiger partial charge in [0, 0.05) is 0 Å². The highest BCUT2D eigenvalue weighted by Crippen LogP contribution is 2.15. The molecular formula is C25H46ClNO2. The third-order valence-electron chi connectivity index (χ3n) is 5.88. The van der Waals surface area contributed by atoms with Gasteiger partial charge in [0.15, 0.2) is 0 Å². The van der Waals surface area contributed by atoms with E-state index in [2.05, 4.69) is 31.2 Å². The second-order valence-corrected chi connectivity index (χ2v) is 8.63. The first-order valence-electron chi connectivity index (χ1n) is 11.7. The van der Waals surface area contributed by atoms with E-state index in [4.69, 9.17) is 5.73 Å². The molecule has 0 aliphatic rings. The van der Waals surface area contributed by atoms with Gasteiger partial charge < -0.3 is 15.9 Å². The van der Waals surface area contributed by atoms with Crippen LogP contribution in [-0.2, 0) is 12.8 Å². The lowest BCUT2D eigenvalue weighted by Crippen LogP contribution is -2.47. The molecule has 0 aliphatic heterocycles. The maximum absolute atomic E-state index is 9.26. The first kappa shape index (κ1) is 28.4. The van der Waals surface area contributed by atoms with Gasteiger partial charge >= 0.3 is 0 Å². The molecule has 0 atom stereocenters. The molecule has 0 aliphatic carbocycles. The minimum Gasteiger partial charge on any atom is -0.394 e. The van der Waals surface area contributed by atoms with E-state index in [1.807, 2.05) is 0 Å². The lowest BCUT2D eigenvalue weighted by molar-refractivity contribution is 0.115. The van der Waals surface area contributed by atoms with Crippen LogP contribution in [0.4, 0.5) is 0 Å². The Labute approximate surface area is 185 Å². The number of hydrogen-bond acceptors (Lipinski definition) is 3. The summed E-state index contributed by atoms with van der Waals surface area (Å²) in [6, 6.07) is 8.74. The number of nitrogens with two attached hydrogens (primary N) is 1. The molecule has 3 nitrogen and oxygen atoms in total. The zero-order valence-corrected chi connectivity index (χ0v) is 19.5. The van der Waals surface area contributed by atoms with Crippen molar-refractivity contribution in [2.45, 2.75) is 109 Å². The molecule has 1 aromatic rings. The van der Waals surface area contributed by atoms with Crippen LogP contribution in [0.3, 0.4) is 0 Å². The highest BCUT2D eigenvalue weighted by Gasteiger charge is 2.22. The largest absolute Gasteiger partial charge is 0.394 e. The predicted octanol–water partition coefficient (Wildman–Crippen LogP) is 5.97. The van der Waals surface area contributed by atoms with E-state index in [0.29, 0.717) is 6.42 Å². The summed E-state index contributed by atoms with van der Waals surface area (Å²) in [4.78, 5) is 0. The molecule has 0 radical (unpaired) electrons. The average molecular weight is 428 g/mol. The highest BCUT2D eigenvalue weighted by molar-refractivity contribution is 5.85. The van der Waals surface area contributed by atoms with Gasteiger partial charge in [-0.2, -0.15) is 0 Å². The topological polar surface area (TPSA) is 66.5 Å². The molecule has 4 N–H and O–H groups in total. The molecule has 0 bridgehead atoms. The second-order valence-electron chi connectivity index (χ2n) is 8.63. The van der Waals surface area contributed by atoms with Gasteiger partial charge in [-0.3, -0.25) is 0 Å². The minimum absolute atomic E-state index is 0. The maximum Gasteiger partial charge on any atom is 0.0633 e. The summed E-state index contributed by atoms with van der Waals surface area (Å²) < 4.78 is 0. The number of aliphatic hydroxyl groups excluding tert-OH is 2. The molecule has 0 saturated heterocycles. The van der Waals surface area contributed by atoms with Crippen molar-refractivity contribution in [2.75, 3.05) is 13.2 Å². The smallest absolute Gasteiger partial charge is 0.0633 e. The second kappa shape index (κ2) is 18.2. The molecule has 4 heteroatoms. The number of benzene rings is 1. The van der Waals surface area contributed by atoms with E-state index in [1.54, 1.807) is 0 Å². The molecule has 0 unspecified atom stereocenters. The molecule has 0 saturated carbocycles. The van der Waals surface area contributed by atoms with Crippen molar-refractivity contribution >= 4 is 12.4 Å². The van der Waals surface area contributed by atoms with Gasteiger partial charge in [0.2, 0.25) is 0 Å². The molecule has 0 fully saturated rings. The van der Waals surface area contributed by atoms with Gasteiger partial charge in [0.25, 0.3) is 0 Å². The summed E-state index contributed by atoms with van der Waals surface area (Å²) in [5.74, 6) is 0. The van der Waals surface area contributed by atoms with Crippen LogP contribution in [0.15, 0.2) is 24.3 Å². The van der Waals surface area contributed by atoms with E-state index < -0.39 is 5.54 Å². The zero-order chi connectivity index (χ0) is 20.5. The van der Waals surface area contributed by atoms with Crippen LogP contribution in [0.25, 0.3) is 0 Å². The van der Waals surface area contributed by atoms with E-state index >= 15 is 0 Å². The summed E-state index contributed by atoms with van der Waals surface area (Å²) in [6.45, 7) is 1.92. The Kier molecular flexibility index (Phi) is 17.8. The summed E-state index contributed by atoms with van der Waals surface area (Å²) in [5.41, 5.74) is 7.68. The van der Waals surface area contributed by atoms with Gasteiger partial charge in [-0.1, -0.05) is 102 Å². The summed E-state index contributed by atoms with van der Waals surface area (Å²) >= 11 is 0. The Morgan fingerprint density at radius 3 is 1.45 bits per heavy atom. The Bertz CT molecular complexity index is 474. The summed E-state index contributed by atoms with van der Waals surface area (Å²) in [6.07, 6.45) is 19.2. The number of rotatable bonds is 18. The van der Waals surface area contributed by atoms with Crippen LogP contribution in [0, 0.1) is 0 Å². The van der Waals surface area contributed by atoms with Crippen LogP contribution < -0.4 is 5.73 Å². The fourth-order valence-electron chi connectivity index (χ4n) is 3.64. The van der Waals surface area contributed by atoms with Gasteiger partial charge in [-0.25, -0.2) is 0 Å². The Balaban J connectivity index is 0.00000784. The fraction of sp³-hybridized carbons (Fsp3) is 0.760. The van der Waals surface area contributed by atoms with Crippen molar-refractivity contribution in [2.24, 2.45) is 5.73 Å². The standard InChI is InChI=1S/C25H45NO2.ClH/c1-2-3-4-5-6-7-8-9-10-11-12-13-14-23-15-17-24(18-16-23)19-20-25(26,21-27)22-28;/h15-18,27-28H,2-14,19-22,26H2,1H3;1H. The molecule has 170 valence electrons. The molecule has 1 aromatic carbocycles. The van der Waals surface area contributed by atoms with Crippen LogP contribution in [0.1, 0.15) is 102 Å². The molecule has 29 heavy (non-hydrogen) atoms. The zero-order valence-electron chi connectivity index (χ0n) is 18.7. The van der Waals surface area contributed by atoms with Crippen LogP contribution in [0.2, 0.25) is 0 Å². The van der Waals surface area contributed by atoms with Crippen molar-refractivity contribution in [3.8, 4) is 0 Å². The van der Waals surface area contributed by atoms with Gasteiger partial charge in [0.05, 0.1) is 18.8 Å². The number of aryl methyl sites for hydroxylation is 2. The van der Waals surface area contributed by atoms with Gasteiger partial charge in [-0.05, 0) is 36.8 Å². The Morgan fingerprint density at radius 1 is 0.655 bits per heavy atom. The summed E-state index contributed by atoms with van der Waals surface area (Å²) in [5, 5.41) is 18.5. The van der Waals surface area contributed by atoms with Gasteiger partial charge in [-0.15, -0.1) is 12.4 Å². The normalized spacial score (nSPS) is 11.4. The first-order chi connectivity index (χ1) is 13.6. The molecule has 0 amide bonds. The average Bonchev–Trinajstić information content (AvgIpc) is 2.73. The van der Waals surface area contributed by atoms with E-state index in [1.165, 1.54) is 88.2 Å². The van der Waals surface area contributed by atoms with Crippen LogP contribution >= 0.6 is 12.4 Å². The molecule has 0 aromatic heterocycles. The predicted molar refractivity (Wildman–Crippen MR) is 128 cm³/mol. The number of halogens is 1. The SMILES string of the molecule is CCCCCCCCCCCCCCc1ccc(CCC(N)(CO)CO)cc1.Cl. The monoisotopic (exact) mass is 427 g/mol. The number of aliphatic hydroxyl groups is 2. The van der Waals surface area contributed by atoms with Crippen molar-refractivity contribution < 1.29 is 10.2 Å². The third kappa shape index (κ3) is 14.1. The molecule has 0 heterocycles. The highest BCUT2D eigenvalue weighted by atomic mass is 35.5. The lowest BCUT2D eigenvalue weighted by Gasteiger charge is -2.24. The maximum atomic E-state index is 9.26. The van der Waals surface area contributed by atoms with Crippen molar-refractivity contribution in [3.05, 3.63) is 35.4 Å². The third-order valence-corrected chi connectivity index (χ3v) is 5.88. The van der Waals surface area contributed by atoms with Crippen molar-refractivity contribution in [3.63, 3.8) is 0 Å². The van der Waals surface area contributed by atoms with Crippen molar-refractivity contribution in [1.29, 1.82) is 0 Å². The Hall–Kier alpha value is -0.610. The molecular weight excluding hydrogens is 382 g/mol. The summed E-state index contributed by atoms with van der Waals surface area (Å²) in [7, 11) is 0. The van der Waals surface area contributed by atoms with E-state index in [9.17, 15) is 10.2 Å². The van der Waals surface area contributed by atoms with Crippen molar-refractivity contribution in [1.82, 2.24) is 0 Å². The Morgan fingerprint density at radius 2 is 1.03 bits per heavy atom. The minimum atomic E-state index is -0.867. The number of hydrogen-bond donors (Lipinski definition) is 3. The van der Waals surface area contributed by atoms with E-state index in [-0.39, 0.29) is 25.6 Å². The van der Waals surface area contributed by atoms with Crippen LogP contribution in [0.5, 0.6) is 0 Å². The van der Waals surface area contributed by atoms with Gasteiger partial charge in [0.1, 0.15) is 0 Å². The molecule has 1 rings (SSSR count). The number of unbranched alkanes of at least 4 members (excludes halogenated alkanes) is 11. The lowest BCUT2D eigenvalue weighted by atomic mass is 9.93. The quantitative estimate of drug-likeness (QED) is 0.253. The van der Waals surface area contributed by atoms with Crippen LogP contribution in [-0.4, -0.2) is 29.0 Å². The van der Waals surface area contributed by atoms with E-state index in [0.717, 1.165) is 12.8 Å². The first-order valence-corrected chi connectivity index (χ1v) is 11.7. The molecule has 0 spiro atoms. The fourth-order valence-corrected chi connectivity index (χ4v) is 3.64.